The van der Waals surface area contributed by atoms with Crippen molar-refractivity contribution in [3.05, 3.63) is 24.4 Å². The lowest BCUT2D eigenvalue weighted by Crippen LogP contribution is -2.42. The van der Waals surface area contributed by atoms with E-state index < -0.39 is 12.1 Å². The van der Waals surface area contributed by atoms with Crippen LogP contribution in [0, 0.1) is 5.92 Å². The molecule has 1 rings (SSSR count). The quantitative estimate of drug-likeness (QED) is 0.752. The number of pyridine rings is 1. The van der Waals surface area contributed by atoms with E-state index in [9.17, 15) is 9.59 Å². The number of methoxy groups -OCH3 is 1. The molecule has 0 aromatic carbocycles. The number of carbonyl (C=O) groups is 2. The van der Waals surface area contributed by atoms with Gasteiger partial charge in [0.25, 0.3) is 0 Å². The molecular formula is C13H18N2O3. The Labute approximate surface area is 107 Å². The third kappa shape index (κ3) is 3.55. The third-order valence-corrected chi connectivity index (χ3v) is 2.47. The molecule has 0 aliphatic carbocycles. The van der Waals surface area contributed by atoms with Crippen LogP contribution < -0.4 is 4.90 Å². The number of rotatable bonds is 5. The van der Waals surface area contributed by atoms with Gasteiger partial charge < -0.3 is 9.53 Å². The Morgan fingerprint density at radius 2 is 2.22 bits per heavy atom. The van der Waals surface area contributed by atoms with E-state index in [0.29, 0.717) is 12.2 Å². The molecule has 5 nitrogen and oxygen atoms in total. The van der Waals surface area contributed by atoms with Crippen molar-refractivity contribution in [1.29, 1.82) is 0 Å². The predicted molar refractivity (Wildman–Crippen MR) is 68.4 cm³/mol. The number of anilines is 1. The Morgan fingerprint density at radius 1 is 1.50 bits per heavy atom. The molecule has 0 aliphatic rings. The first-order valence-electron chi connectivity index (χ1n) is 5.83. The summed E-state index contributed by atoms with van der Waals surface area (Å²) in [6.45, 7) is 3.98. The highest BCUT2D eigenvalue weighted by molar-refractivity contribution is 5.91. The number of hydrogen-bond donors (Lipinski definition) is 0. The van der Waals surface area contributed by atoms with Crippen molar-refractivity contribution in [3.8, 4) is 0 Å². The average molecular weight is 250 g/mol. The van der Waals surface area contributed by atoms with Crippen molar-refractivity contribution in [1.82, 2.24) is 4.98 Å². The zero-order valence-electron chi connectivity index (χ0n) is 10.9. The first-order valence-corrected chi connectivity index (χ1v) is 5.83. The van der Waals surface area contributed by atoms with E-state index in [0.717, 1.165) is 6.29 Å². The van der Waals surface area contributed by atoms with Crippen LogP contribution in [0.1, 0.15) is 20.3 Å². The second kappa shape index (κ2) is 6.74. The summed E-state index contributed by atoms with van der Waals surface area (Å²) in [7, 11) is 1.29. The summed E-state index contributed by atoms with van der Waals surface area (Å²) in [6, 6.07) is 4.62. The summed E-state index contributed by atoms with van der Waals surface area (Å²) in [6.07, 6.45) is 2.31. The lowest BCUT2D eigenvalue weighted by Gasteiger charge is -2.26. The fourth-order valence-corrected chi connectivity index (χ4v) is 1.70. The highest BCUT2D eigenvalue weighted by Crippen LogP contribution is 2.18. The molecule has 0 aliphatic heterocycles. The van der Waals surface area contributed by atoms with Crippen LogP contribution in [0.2, 0.25) is 0 Å². The highest BCUT2D eigenvalue weighted by Gasteiger charge is 2.27. The van der Waals surface area contributed by atoms with Crippen LogP contribution in [0.15, 0.2) is 24.4 Å². The van der Waals surface area contributed by atoms with Gasteiger partial charge >= 0.3 is 6.09 Å². The van der Waals surface area contributed by atoms with Gasteiger partial charge in [-0.1, -0.05) is 19.9 Å². The van der Waals surface area contributed by atoms with Gasteiger partial charge in [-0.2, -0.15) is 0 Å². The van der Waals surface area contributed by atoms with Gasteiger partial charge in [-0.05, 0) is 24.5 Å². The molecule has 0 bridgehead atoms. The van der Waals surface area contributed by atoms with Gasteiger partial charge in [-0.3, -0.25) is 4.90 Å². The number of aromatic nitrogens is 1. The summed E-state index contributed by atoms with van der Waals surface area (Å²) >= 11 is 0. The maximum atomic E-state index is 11.8. The maximum Gasteiger partial charge on any atom is 0.415 e. The molecule has 0 spiro atoms. The monoisotopic (exact) mass is 250 g/mol. The number of carbonyl (C=O) groups excluding carboxylic acids is 2. The molecule has 1 atom stereocenters. The second-order valence-corrected chi connectivity index (χ2v) is 4.36. The molecular weight excluding hydrogens is 232 g/mol. The first-order chi connectivity index (χ1) is 8.60. The van der Waals surface area contributed by atoms with Gasteiger partial charge in [-0.25, -0.2) is 9.78 Å². The van der Waals surface area contributed by atoms with Crippen LogP contribution >= 0.6 is 0 Å². The third-order valence-electron chi connectivity index (χ3n) is 2.47. The topological polar surface area (TPSA) is 59.5 Å². The van der Waals surface area contributed by atoms with E-state index in [4.69, 9.17) is 4.74 Å². The lowest BCUT2D eigenvalue weighted by molar-refractivity contribution is -0.109. The van der Waals surface area contributed by atoms with Crippen molar-refractivity contribution in [2.75, 3.05) is 12.0 Å². The molecule has 0 saturated carbocycles. The fourth-order valence-electron chi connectivity index (χ4n) is 1.70. The van der Waals surface area contributed by atoms with Crippen molar-refractivity contribution in [3.63, 3.8) is 0 Å². The summed E-state index contributed by atoms with van der Waals surface area (Å²) in [5, 5.41) is 0. The number of amides is 1. The van der Waals surface area contributed by atoms with Gasteiger partial charge in [-0.15, -0.1) is 0 Å². The normalized spacial score (nSPS) is 12.0. The van der Waals surface area contributed by atoms with E-state index in [-0.39, 0.29) is 5.92 Å². The Balaban J connectivity index is 3.04. The molecule has 5 heteroatoms. The minimum Gasteiger partial charge on any atom is -0.452 e. The zero-order valence-corrected chi connectivity index (χ0v) is 10.9. The standard InChI is InChI=1S/C13H18N2O3/c1-10(2)8-11(9-16)15(13(17)18-3)12-6-4-5-7-14-12/h4-7,9-11H,8H2,1-3H3/t11-/m0/s1. The van der Waals surface area contributed by atoms with E-state index in [2.05, 4.69) is 4.98 Å². The van der Waals surface area contributed by atoms with Crippen LogP contribution in [0.4, 0.5) is 10.6 Å². The van der Waals surface area contributed by atoms with Gasteiger partial charge in [0.15, 0.2) is 0 Å². The van der Waals surface area contributed by atoms with Crippen LogP contribution in [0.5, 0.6) is 0 Å². The summed E-state index contributed by atoms with van der Waals surface area (Å²) in [5.74, 6) is 0.707. The molecule has 1 aromatic rings. The predicted octanol–water partition coefficient (Wildman–Crippen LogP) is 2.27. The summed E-state index contributed by atoms with van der Waals surface area (Å²) in [4.78, 5) is 28.4. The minimum atomic E-state index is -0.577. The largest absolute Gasteiger partial charge is 0.452 e. The number of ether oxygens (including phenoxy) is 1. The molecule has 0 unspecified atom stereocenters. The molecule has 1 aromatic heterocycles. The Bertz CT molecular complexity index is 392. The van der Waals surface area contributed by atoms with Crippen LogP contribution in [0.3, 0.4) is 0 Å². The number of aldehydes is 1. The highest BCUT2D eigenvalue weighted by atomic mass is 16.5. The Kier molecular flexibility index (Phi) is 5.30. The van der Waals surface area contributed by atoms with Crippen molar-refractivity contribution in [2.45, 2.75) is 26.3 Å². The molecule has 0 saturated heterocycles. The van der Waals surface area contributed by atoms with Crippen LogP contribution in [0.25, 0.3) is 0 Å². The summed E-state index contributed by atoms with van der Waals surface area (Å²) < 4.78 is 4.72. The molecule has 1 heterocycles. The van der Waals surface area contributed by atoms with Gasteiger partial charge in [0, 0.05) is 6.20 Å². The van der Waals surface area contributed by atoms with Gasteiger partial charge in [0.2, 0.25) is 0 Å². The molecule has 98 valence electrons. The van der Waals surface area contributed by atoms with Crippen LogP contribution in [-0.4, -0.2) is 30.5 Å². The molecule has 1 amide bonds. The van der Waals surface area contributed by atoms with E-state index >= 15 is 0 Å². The Hall–Kier alpha value is -1.91. The number of nitrogens with zero attached hydrogens (tertiary/aromatic N) is 2. The second-order valence-electron chi connectivity index (χ2n) is 4.36. The van der Waals surface area contributed by atoms with Gasteiger partial charge in [0.05, 0.1) is 13.2 Å². The van der Waals surface area contributed by atoms with Gasteiger partial charge in [0.1, 0.15) is 12.1 Å². The first kappa shape index (κ1) is 14.2. The SMILES string of the molecule is COC(=O)N(c1ccccn1)[C@H](C=O)CC(C)C. The number of hydrogen-bond acceptors (Lipinski definition) is 4. The van der Waals surface area contributed by atoms with Crippen LogP contribution in [-0.2, 0) is 9.53 Å². The smallest absolute Gasteiger partial charge is 0.415 e. The van der Waals surface area contributed by atoms with Crippen molar-refractivity contribution >= 4 is 18.2 Å². The molecule has 0 N–H and O–H groups in total. The molecule has 0 fully saturated rings. The van der Waals surface area contributed by atoms with E-state index in [1.165, 1.54) is 12.0 Å². The molecule has 0 radical (unpaired) electrons. The zero-order chi connectivity index (χ0) is 13.5. The minimum absolute atomic E-state index is 0.288. The lowest BCUT2D eigenvalue weighted by atomic mass is 10.0. The van der Waals surface area contributed by atoms with E-state index in [1.807, 2.05) is 13.8 Å². The van der Waals surface area contributed by atoms with Crippen molar-refractivity contribution in [2.24, 2.45) is 5.92 Å². The molecule has 18 heavy (non-hydrogen) atoms. The van der Waals surface area contributed by atoms with E-state index in [1.54, 1.807) is 24.4 Å². The van der Waals surface area contributed by atoms with Crippen molar-refractivity contribution < 1.29 is 14.3 Å². The average Bonchev–Trinajstić information content (AvgIpc) is 2.38. The summed E-state index contributed by atoms with van der Waals surface area (Å²) in [5.41, 5.74) is 0. The maximum absolute atomic E-state index is 11.8. The fraction of sp³-hybridized carbons (Fsp3) is 0.462. The Morgan fingerprint density at radius 3 is 2.67 bits per heavy atom.